The van der Waals surface area contributed by atoms with Gasteiger partial charge in [0, 0.05) is 25.7 Å². The van der Waals surface area contributed by atoms with Gasteiger partial charge in [0.15, 0.2) is 0 Å². The van der Waals surface area contributed by atoms with Gasteiger partial charge in [0.05, 0.1) is 12.7 Å². The molecule has 3 heteroatoms. The molecule has 16 heavy (non-hydrogen) atoms. The van der Waals surface area contributed by atoms with Gasteiger partial charge in [-0.1, -0.05) is 19.8 Å². The summed E-state index contributed by atoms with van der Waals surface area (Å²) in [5.41, 5.74) is 0. The molecule has 1 aliphatic heterocycles. The average molecular weight is 226 g/mol. The molecule has 1 N–H and O–H groups in total. The molecule has 0 bridgehead atoms. The molecule has 2 fully saturated rings. The van der Waals surface area contributed by atoms with Crippen LogP contribution in [0, 0.1) is 5.92 Å². The highest BCUT2D eigenvalue weighted by molar-refractivity contribution is 4.83. The average Bonchev–Trinajstić information content (AvgIpc) is 2.30. The number of morpholine rings is 1. The third-order valence-corrected chi connectivity index (χ3v) is 4.03. The minimum atomic E-state index is 0.399. The van der Waals surface area contributed by atoms with E-state index in [0.29, 0.717) is 6.10 Å². The summed E-state index contributed by atoms with van der Waals surface area (Å²) in [5, 5.41) is 3.22. The summed E-state index contributed by atoms with van der Waals surface area (Å²) in [7, 11) is 2.00. The van der Waals surface area contributed by atoms with Crippen molar-refractivity contribution in [3.63, 3.8) is 0 Å². The molecule has 94 valence electrons. The number of likely N-dealkylation sites (N-methyl/N-ethyl adjacent to an activating group) is 1. The molecule has 2 aliphatic rings. The lowest BCUT2D eigenvalue weighted by molar-refractivity contribution is -0.0487. The summed E-state index contributed by atoms with van der Waals surface area (Å²) in [6.07, 6.45) is 6.04. The first-order chi connectivity index (χ1) is 7.79. The van der Waals surface area contributed by atoms with Crippen molar-refractivity contribution in [1.29, 1.82) is 0 Å². The van der Waals surface area contributed by atoms with Gasteiger partial charge in [-0.05, 0) is 25.8 Å². The normalized spacial score (nSPS) is 37.5. The van der Waals surface area contributed by atoms with Crippen LogP contribution < -0.4 is 5.32 Å². The van der Waals surface area contributed by atoms with Crippen LogP contribution in [0.25, 0.3) is 0 Å². The molecule has 0 amide bonds. The molecule has 2 rings (SSSR count). The van der Waals surface area contributed by atoms with Gasteiger partial charge in [0.25, 0.3) is 0 Å². The van der Waals surface area contributed by atoms with Gasteiger partial charge in [0.1, 0.15) is 0 Å². The number of nitrogens with one attached hydrogen (secondary N) is 1. The number of hydrogen-bond donors (Lipinski definition) is 1. The minimum Gasteiger partial charge on any atom is -0.374 e. The molecule has 0 aromatic heterocycles. The van der Waals surface area contributed by atoms with Crippen molar-refractivity contribution in [3.05, 3.63) is 0 Å². The Kier molecular flexibility index (Phi) is 4.62. The number of rotatable bonds is 3. The maximum atomic E-state index is 5.76. The van der Waals surface area contributed by atoms with Gasteiger partial charge >= 0.3 is 0 Å². The highest BCUT2D eigenvalue weighted by Gasteiger charge is 2.28. The topological polar surface area (TPSA) is 24.5 Å². The van der Waals surface area contributed by atoms with E-state index in [1.165, 1.54) is 25.7 Å². The van der Waals surface area contributed by atoms with Crippen LogP contribution in [0.15, 0.2) is 0 Å². The fraction of sp³-hybridized carbons (Fsp3) is 1.00. The summed E-state index contributed by atoms with van der Waals surface area (Å²) >= 11 is 0. The fourth-order valence-electron chi connectivity index (χ4n) is 3.16. The van der Waals surface area contributed by atoms with Gasteiger partial charge in [-0.25, -0.2) is 0 Å². The Morgan fingerprint density at radius 1 is 1.38 bits per heavy atom. The smallest absolute Gasteiger partial charge is 0.0826 e. The zero-order valence-electron chi connectivity index (χ0n) is 10.7. The second kappa shape index (κ2) is 5.99. The minimum absolute atomic E-state index is 0.399. The lowest BCUT2D eigenvalue weighted by atomic mass is 9.86. The first kappa shape index (κ1) is 12.3. The Morgan fingerprint density at radius 3 is 3.00 bits per heavy atom. The van der Waals surface area contributed by atoms with Crippen LogP contribution in [0.5, 0.6) is 0 Å². The van der Waals surface area contributed by atoms with E-state index in [1.807, 2.05) is 7.05 Å². The molecule has 0 aromatic rings. The molecule has 0 spiro atoms. The van der Waals surface area contributed by atoms with Crippen molar-refractivity contribution < 1.29 is 4.74 Å². The zero-order chi connectivity index (χ0) is 11.4. The summed E-state index contributed by atoms with van der Waals surface area (Å²) < 4.78 is 5.76. The quantitative estimate of drug-likeness (QED) is 0.789. The molecule has 1 heterocycles. The van der Waals surface area contributed by atoms with E-state index in [9.17, 15) is 0 Å². The largest absolute Gasteiger partial charge is 0.374 e. The molecule has 3 nitrogen and oxygen atoms in total. The van der Waals surface area contributed by atoms with Crippen molar-refractivity contribution in [3.8, 4) is 0 Å². The van der Waals surface area contributed by atoms with E-state index in [2.05, 4.69) is 17.1 Å². The standard InChI is InChI=1S/C13H26N2O/c1-11-4-3-5-12(8-11)15-6-7-16-13(10-15)9-14-2/h11-14H,3-10H2,1-2H3. The maximum Gasteiger partial charge on any atom is 0.0826 e. The Labute approximate surface area is 99.5 Å². The number of hydrogen-bond acceptors (Lipinski definition) is 3. The van der Waals surface area contributed by atoms with E-state index in [1.54, 1.807) is 0 Å². The van der Waals surface area contributed by atoms with Crippen LogP contribution in [0.3, 0.4) is 0 Å². The van der Waals surface area contributed by atoms with E-state index in [0.717, 1.165) is 38.2 Å². The van der Waals surface area contributed by atoms with Gasteiger partial charge in [-0.15, -0.1) is 0 Å². The van der Waals surface area contributed by atoms with Crippen LogP contribution in [0.2, 0.25) is 0 Å². The third-order valence-electron chi connectivity index (χ3n) is 4.03. The summed E-state index contributed by atoms with van der Waals surface area (Å²) in [6, 6.07) is 0.826. The molecule has 1 saturated heterocycles. The van der Waals surface area contributed by atoms with Crippen molar-refractivity contribution in [2.45, 2.75) is 44.8 Å². The SMILES string of the molecule is CNCC1CN(C2CCCC(C)C2)CCO1. The molecule has 0 radical (unpaired) electrons. The zero-order valence-corrected chi connectivity index (χ0v) is 10.7. The van der Waals surface area contributed by atoms with E-state index in [-0.39, 0.29) is 0 Å². The Bertz CT molecular complexity index is 208. The monoisotopic (exact) mass is 226 g/mol. The summed E-state index contributed by atoms with van der Waals surface area (Å²) in [6.45, 7) is 6.56. The number of ether oxygens (including phenoxy) is 1. The molecular formula is C13H26N2O. The predicted octanol–water partition coefficient (Wildman–Crippen LogP) is 1.49. The van der Waals surface area contributed by atoms with Crippen molar-refractivity contribution >= 4 is 0 Å². The third kappa shape index (κ3) is 3.19. The Hall–Kier alpha value is -0.120. The van der Waals surface area contributed by atoms with Crippen molar-refractivity contribution in [2.75, 3.05) is 33.3 Å². The summed E-state index contributed by atoms with van der Waals surface area (Å²) in [4.78, 5) is 2.67. The highest BCUT2D eigenvalue weighted by Crippen LogP contribution is 2.28. The van der Waals surface area contributed by atoms with E-state index < -0.39 is 0 Å². The second-order valence-corrected chi connectivity index (χ2v) is 5.47. The van der Waals surface area contributed by atoms with Gasteiger partial charge in [0.2, 0.25) is 0 Å². The second-order valence-electron chi connectivity index (χ2n) is 5.47. The first-order valence-corrected chi connectivity index (χ1v) is 6.80. The molecule has 3 atom stereocenters. The van der Waals surface area contributed by atoms with Gasteiger partial charge < -0.3 is 10.1 Å². The van der Waals surface area contributed by atoms with Gasteiger partial charge in [-0.3, -0.25) is 4.90 Å². The predicted molar refractivity (Wildman–Crippen MR) is 66.7 cm³/mol. The first-order valence-electron chi connectivity index (χ1n) is 6.80. The van der Waals surface area contributed by atoms with Crippen molar-refractivity contribution in [1.82, 2.24) is 10.2 Å². The van der Waals surface area contributed by atoms with Crippen LogP contribution in [-0.2, 0) is 4.74 Å². The molecule has 3 unspecified atom stereocenters. The Morgan fingerprint density at radius 2 is 2.25 bits per heavy atom. The maximum absolute atomic E-state index is 5.76. The van der Waals surface area contributed by atoms with Crippen LogP contribution >= 0.6 is 0 Å². The van der Waals surface area contributed by atoms with E-state index in [4.69, 9.17) is 4.74 Å². The van der Waals surface area contributed by atoms with Crippen LogP contribution in [-0.4, -0.2) is 50.3 Å². The molecular weight excluding hydrogens is 200 g/mol. The van der Waals surface area contributed by atoms with Crippen LogP contribution in [0.1, 0.15) is 32.6 Å². The lowest BCUT2D eigenvalue weighted by Gasteiger charge is -2.41. The molecule has 1 saturated carbocycles. The fourth-order valence-corrected chi connectivity index (χ4v) is 3.16. The van der Waals surface area contributed by atoms with Gasteiger partial charge in [-0.2, -0.15) is 0 Å². The highest BCUT2D eigenvalue weighted by atomic mass is 16.5. The van der Waals surface area contributed by atoms with Crippen LogP contribution in [0.4, 0.5) is 0 Å². The van der Waals surface area contributed by atoms with Crippen molar-refractivity contribution in [2.24, 2.45) is 5.92 Å². The van der Waals surface area contributed by atoms with E-state index >= 15 is 0 Å². The molecule has 1 aliphatic carbocycles. The number of nitrogens with zero attached hydrogens (tertiary/aromatic N) is 1. The Balaban J connectivity index is 1.83. The molecule has 0 aromatic carbocycles. The summed E-state index contributed by atoms with van der Waals surface area (Å²) in [5.74, 6) is 0.921. The lowest BCUT2D eigenvalue weighted by Crippen LogP contribution is -2.51.